The zero-order valence-electron chi connectivity index (χ0n) is 11.7. The summed E-state index contributed by atoms with van der Waals surface area (Å²) < 4.78 is 47.8. The van der Waals surface area contributed by atoms with Gasteiger partial charge in [-0.15, -0.1) is 5.10 Å². The SMILES string of the molecule is CC(C)(C)c1nnc(N2CCOC(CC(F)(F)F)C2)o1. The Balaban J connectivity index is 2.04. The maximum absolute atomic E-state index is 12.4. The zero-order chi connectivity index (χ0) is 15.0. The summed E-state index contributed by atoms with van der Waals surface area (Å²) in [6.07, 6.45) is -6.10. The largest absolute Gasteiger partial charge is 0.407 e. The van der Waals surface area contributed by atoms with E-state index in [9.17, 15) is 13.2 Å². The summed E-state index contributed by atoms with van der Waals surface area (Å²) in [6, 6.07) is 0.255. The highest BCUT2D eigenvalue weighted by molar-refractivity contribution is 5.26. The maximum atomic E-state index is 12.4. The number of hydrogen-bond acceptors (Lipinski definition) is 5. The molecule has 0 amide bonds. The van der Waals surface area contributed by atoms with Crippen molar-refractivity contribution in [2.45, 2.75) is 44.9 Å². The van der Waals surface area contributed by atoms with Gasteiger partial charge in [-0.3, -0.25) is 0 Å². The molecule has 1 unspecified atom stereocenters. The van der Waals surface area contributed by atoms with Gasteiger partial charge in [0.15, 0.2) is 0 Å². The predicted octanol–water partition coefficient (Wildman–Crippen LogP) is 2.52. The van der Waals surface area contributed by atoms with Gasteiger partial charge in [0.25, 0.3) is 0 Å². The van der Waals surface area contributed by atoms with Crippen LogP contribution in [0.3, 0.4) is 0 Å². The summed E-state index contributed by atoms with van der Waals surface area (Å²) in [5, 5.41) is 7.85. The molecule has 1 aromatic rings. The van der Waals surface area contributed by atoms with E-state index in [0.717, 1.165) is 0 Å². The van der Waals surface area contributed by atoms with E-state index in [1.54, 1.807) is 4.90 Å². The van der Waals surface area contributed by atoms with Crippen molar-refractivity contribution < 1.29 is 22.3 Å². The first-order valence-corrected chi connectivity index (χ1v) is 6.42. The average Bonchev–Trinajstić information content (AvgIpc) is 2.75. The molecule has 0 N–H and O–H groups in total. The molecule has 8 heteroatoms. The third-order valence-electron chi connectivity index (χ3n) is 2.92. The summed E-state index contributed by atoms with van der Waals surface area (Å²) in [4.78, 5) is 1.64. The molecule has 1 aliphatic rings. The normalized spacial score (nSPS) is 21.3. The van der Waals surface area contributed by atoms with E-state index in [-0.39, 0.29) is 24.6 Å². The molecule has 20 heavy (non-hydrogen) atoms. The molecule has 5 nitrogen and oxygen atoms in total. The lowest BCUT2D eigenvalue weighted by Gasteiger charge is -2.32. The van der Waals surface area contributed by atoms with Crippen molar-refractivity contribution in [2.24, 2.45) is 0 Å². The minimum Gasteiger partial charge on any atom is -0.407 e. The Morgan fingerprint density at radius 1 is 1.25 bits per heavy atom. The zero-order valence-corrected chi connectivity index (χ0v) is 11.7. The lowest BCUT2D eigenvalue weighted by Crippen LogP contribution is -2.44. The van der Waals surface area contributed by atoms with Gasteiger partial charge in [0.1, 0.15) is 0 Å². The fraction of sp³-hybridized carbons (Fsp3) is 0.833. The summed E-state index contributed by atoms with van der Waals surface area (Å²) in [7, 11) is 0. The fourth-order valence-electron chi connectivity index (χ4n) is 1.92. The number of ether oxygens (including phenoxy) is 1. The number of nitrogens with zero attached hydrogens (tertiary/aromatic N) is 3. The second kappa shape index (κ2) is 5.23. The number of anilines is 1. The lowest BCUT2D eigenvalue weighted by atomic mass is 9.97. The molecule has 0 bridgehead atoms. The van der Waals surface area contributed by atoms with E-state index in [1.165, 1.54) is 0 Å². The van der Waals surface area contributed by atoms with E-state index in [0.29, 0.717) is 12.4 Å². The molecule has 1 atom stereocenters. The molecular formula is C12H18F3N3O2. The Bertz CT molecular complexity index is 454. The second-order valence-corrected chi connectivity index (χ2v) is 5.90. The van der Waals surface area contributed by atoms with Gasteiger partial charge in [-0.05, 0) is 0 Å². The maximum Gasteiger partial charge on any atom is 0.391 e. The number of rotatable bonds is 2. The van der Waals surface area contributed by atoms with E-state index in [1.807, 2.05) is 20.8 Å². The van der Waals surface area contributed by atoms with Crippen LogP contribution >= 0.6 is 0 Å². The van der Waals surface area contributed by atoms with Crippen molar-refractivity contribution in [1.29, 1.82) is 0 Å². The Labute approximate surface area is 115 Å². The first kappa shape index (κ1) is 15.1. The highest BCUT2D eigenvalue weighted by Gasteiger charge is 2.36. The minimum atomic E-state index is -4.24. The minimum absolute atomic E-state index is 0.102. The van der Waals surface area contributed by atoms with E-state index in [2.05, 4.69) is 10.2 Å². The van der Waals surface area contributed by atoms with E-state index < -0.39 is 18.7 Å². The van der Waals surface area contributed by atoms with Gasteiger partial charge in [0.05, 0.1) is 19.1 Å². The molecule has 0 aliphatic carbocycles. The average molecular weight is 293 g/mol. The Morgan fingerprint density at radius 2 is 1.95 bits per heavy atom. The van der Waals surface area contributed by atoms with Gasteiger partial charge in [-0.1, -0.05) is 25.9 Å². The summed E-state index contributed by atoms with van der Waals surface area (Å²) >= 11 is 0. The Kier molecular flexibility index (Phi) is 3.95. The van der Waals surface area contributed by atoms with Gasteiger partial charge in [0, 0.05) is 18.5 Å². The molecule has 1 aliphatic heterocycles. The molecule has 2 rings (SSSR count). The van der Waals surface area contributed by atoms with Gasteiger partial charge < -0.3 is 14.1 Å². The predicted molar refractivity (Wildman–Crippen MR) is 65.6 cm³/mol. The van der Waals surface area contributed by atoms with E-state index >= 15 is 0 Å². The molecule has 0 spiro atoms. The lowest BCUT2D eigenvalue weighted by molar-refractivity contribution is -0.161. The Morgan fingerprint density at radius 3 is 2.50 bits per heavy atom. The molecule has 1 fully saturated rings. The summed E-state index contributed by atoms with van der Waals surface area (Å²) in [6.45, 7) is 6.54. The van der Waals surface area contributed by atoms with Crippen molar-refractivity contribution in [2.75, 3.05) is 24.6 Å². The van der Waals surface area contributed by atoms with Gasteiger partial charge in [0.2, 0.25) is 5.89 Å². The first-order chi connectivity index (χ1) is 9.15. The van der Waals surface area contributed by atoms with Crippen LogP contribution in [-0.2, 0) is 10.2 Å². The van der Waals surface area contributed by atoms with Gasteiger partial charge in [-0.2, -0.15) is 13.2 Å². The third kappa shape index (κ3) is 3.84. The molecule has 1 aromatic heterocycles. The molecule has 114 valence electrons. The van der Waals surface area contributed by atoms with Crippen LogP contribution in [0.1, 0.15) is 33.1 Å². The monoisotopic (exact) mass is 293 g/mol. The first-order valence-electron chi connectivity index (χ1n) is 6.42. The third-order valence-corrected chi connectivity index (χ3v) is 2.92. The molecule has 2 heterocycles. The molecule has 0 saturated carbocycles. The van der Waals surface area contributed by atoms with Gasteiger partial charge >= 0.3 is 12.2 Å². The van der Waals surface area contributed by atoms with Gasteiger partial charge in [-0.25, -0.2) is 0 Å². The molecule has 0 aromatic carbocycles. The fourth-order valence-corrected chi connectivity index (χ4v) is 1.92. The van der Waals surface area contributed by atoms with Crippen LogP contribution in [0.15, 0.2) is 4.42 Å². The van der Waals surface area contributed by atoms with Crippen LogP contribution in [0.2, 0.25) is 0 Å². The second-order valence-electron chi connectivity index (χ2n) is 5.90. The molecule has 1 saturated heterocycles. The van der Waals surface area contributed by atoms with Crippen molar-refractivity contribution in [1.82, 2.24) is 10.2 Å². The number of hydrogen-bond donors (Lipinski definition) is 0. The number of aromatic nitrogens is 2. The van der Waals surface area contributed by atoms with Crippen LogP contribution in [0.4, 0.5) is 19.2 Å². The number of alkyl halides is 3. The molecular weight excluding hydrogens is 275 g/mol. The van der Waals surface area contributed by atoms with Crippen molar-refractivity contribution in [3.63, 3.8) is 0 Å². The van der Waals surface area contributed by atoms with Crippen LogP contribution in [0, 0.1) is 0 Å². The van der Waals surface area contributed by atoms with Crippen LogP contribution in [0.5, 0.6) is 0 Å². The number of morpholine rings is 1. The van der Waals surface area contributed by atoms with Crippen LogP contribution in [0.25, 0.3) is 0 Å². The van der Waals surface area contributed by atoms with Crippen LogP contribution < -0.4 is 4.90 Å². The smallest absolute Gasteiger partial charge is 0.391 e. The van der Waals surface area contributed by atoms with Crippen LogP contribution in [-0.4, -0.2) is 42.2 Å². The van der Waals surface area contributed by atoms with Crippen molar-refractivity contribution in [3.05, 3.63) is 5.89 Å². The summed E-state index contributed by atoms with van der Waals surface area (Å²) in [5.41, 5.74) is -0.289. The quantitative estimate of drug-likeness (QED) is 0.838. The van der Waals surface area contributed by atoms with Crippen molar-refractivity contribution >= 4 is 6.01 Å². The Hall–Kier alpha value is -1.31. The molecule has 0 radical (unpaired) electrons. The summed E-state index contributed by atoms with van der Waals surface area (Å²) in [5.74, 6) is 0.464. The highest BCUT2D eigenvalue weighted by Crippen LogP contribution is 2.28. The van der Waals surface area contributed by atoms with Crippen molar-refractivity contribution in [3.8, 4) is 0 Å². The highest BCUT2D eigenvalue weighted by atomic mass is 19.4. The van der Waals surface area contributed by atoms with E-state index in [4.69, 9.17) is 9.15 Å². The number of halogens is 3. The topological polar surface area (TPSA) is 51.4 Å². The standard InChI is InChI=1S/C12H18F3N3O2/c1-11(2,3)9-16-17-10(20-9)18-4-5-19-8(7-18)6-12(13,14)15/h8H,4-7H2,1-3H3.